The highest BCUT2D eigenvalue weighted by molar-refractivity contribution is 6.26. The minimum atomic E-state index is 0.856. The SMILES string of the molecule is c1ccc(-c2cc(-c3ccccc3)cc(-c3cccc(-n4c5ccccc5c5c4ccc4c6ccccc6n(-c6cccc(-c7cc(-c8ccccc8)cc(-c8ccccc8)c7)n6)c45)n3)c2)cc1. The van der Waals surface area contributed by atoms with Crippen molar-refractivity contribution in [1.82, 2.24) is 19.1 Å². The van der Waals surface area contributed by atoms with E-state index in [4.69, 9.17) is 9.97 Å². The molecule has 13 aromatic rings. The molecule has 68 heavy (non-hydrogen) atoms. The molecule has 0 bridgehead atoms. The molecular weight excluding hydrogens is 825 g/mol. The summed E-state index contributed by atoms with van der Waals surface area (Å²) in [6.07, 6.45) is 0. The molecule has 4 heteroatoms. The topological polar surface area (TPSA) is 35.6 Å². The number of fused-ring (bicyclic) bond motifs is 7. The van der Waals surface area contributed by atoms with Crippen molar-refractivity contribution in [2.45, 2.75) is 0 Å². The number of rotatable bonds is 8. The van der Waals surface area contributed by atoms with Crippen LogP contribution in [0.2, 0.25) is 0 Å². The van der Waals surface area contributed by atoms with Crippen molar-refractivity contribution in [2.75, 3.05) is 0 Å². The molecule has 4 nitrogen and oxygen atoms in total. The van der Waals surface area contributed by atoms with Gasteiger partial charge in [0.1, 0.15) is 11.6 Å². The highest BCUT2D eigenvalue weighted by Gasteiger charge is 2.22. The number of hydrogen-bond donors (Lipinski definition) is 0. The van der Waals surface area contributed by atoms with Gasteiger partial charge < -0.3 is 0 Å². The second-order valence-corrected chi connectivity index (χ2v) is 17.4. The number of aromatic nitrogens is 4. The van der Waals surface area contributed by atoms with Crippen molar-refractivity contribution >= 4 is 43.6 Å². The molecule has 0 N–H and O–H groups in total. The van der Waals surface area contributed by atoms with Crippen molar-refractivity contribution in [3.63, 3.8) is 0 Å². The molecule has 0 radical (unpaired) electrons. The van der Waals surface area contributed by atoms with Crippen LogP contribution in [-0.4, -0.2) is 19.1 Å². The van der Waals surface area contributed by atoms with E-state index in [1.54, 1.807) is 0 Å². The minimum absolute atomic E-state index is 0.856. The van der Waals surface area contributed by atoms with Crippen LogP contribution in [0, 0.1) is 0 Å². The Morgan fingerprint density at radius 1 is 0.235 bits per heavy atom. The molecule has 0 aliphatic heterocycles. The Balaban J connectivity index is 1.01. The van der Waals surface area contributed by atoms with Crippen LogP contribution in [0.4, 0.5) is 0 Å². The lowest BCUT2D eigenvalue weighted by Crippen LogP contribution is -2.00. The van der Waals surface area contributed by atoms with E-state index < -0.39 is 0 Å². The molecule has 4 heterocycles. The van der Waals surface area contributed by atoms with Crippen LogP contribution in [0.15, 0.2) is 255 Å². The van der Waals surface area contributed by atoms with E-state index in [0.717, 1.165) is 89.2 Å². The number of pyridine rings is 2. The van der Waals surface area contributed by atoms with Crippen LogP contribution < -0.4 is 0 Å². The van der Waals surface area contributed by atoms with Gasteiger partial charge in [-0.15, -0.1) is 0 Å². The summed E-state index contributed by atoms with van der Waals surface area (Å²) in [6.45, 7) is 0. The Bertz CT molecular complexity index is 3890. The van der Waals surface area contributed by atoms with Gasteiger partial charge >= 0.3 is 0 Å². The molecule has 0 fully saturated rings. The molecule has 0 aliphatic carbocycles. The first-order valence-corrected chi connectivity index (χ1v) is 23.1. The standard InChI is InChI=1S/C64H42N4/c1-5-19-43(20-6-1)47-37-48(44-21-7-2-8-22-44)40-51(39-47)56-29-17-33-61(65-56)67-59-32-16-14-28-55(59)63-60(67)36-35-54-53-27-13-15-31-58(53)68(64(54)63)62-34-18-30-57(66-62)52-41-49(45-23-9-3-10-24-45)38-50(42-52)46-25-11-4-12-26-46/h1-42H. The third-order valence-corrected chi connectivity index (χ3v) is 13.3. The summed E-state index contributed by atoms with van der Waals surface area (Å²) in [5, 5.41) is 4.66. The molecule has 318 valence electrons. The fourth-order valence-electron chi connectivity index (χ4n) is 10.2. The van der Waals surface area contributed by atoms with Crippen molar-refractivity contribution in [3.05, 3.63) is 255 Å². The van der Waals surface area contributed by atoms with Crippen molar-refractivity contribution in [3.8, 4) is 78.7 Å². The normalized spacial score (nSPS) is 11.5. The summed E-state index contributed by atoms with van der Waals surface area (Å²) < 4.78 is 4.70. The molecule has 9 aromatic carbocycles. The third-order valence-electron chi connectivity index (χ3n) is 13.3. The largest absolute Gasteiger partial charge is 0.294 e. The summed E-state index contributed by atoms with van der Waals surface area (Å²) in [7, 11) is 0. The second-order valence-electron chi connectivity index (χ2n) is 17.4. The Morgan fingerprint density at radius 2 is 0.618 bits per heavy atom. The van der Waals surface area contributed by atoms with Gasteiger partial charge in [-0.05, 0) is 123 Å². The van der Waals surface area contributed by atoms with Gasteiger partial charge in [-0.1, -0.05) is 176 Å². The lowest BCUT2D eigenvalue weighted by molar-refractivity contribution is 1.08. The molecule has 0 spiro atoms. The van der Waals surface area contributed by atoms with Crippen LogP contribution in [0.5, 0.6) is 0 Å². The number of hydrogen-bond acceptors (Lipinski definition) is 2. The molecule has 0 saturated heterocycles. The van der Waals surface area contributed by atoms with Gasteiger partial charge in [-0.2, -0.15) is 0 Å². The number of benzene rings is 9. The maximum Gasteiger partial charge on any atom is 0.138 e. The molecule has 0 unspecified atom stereocenters. The van der Waals surface area contributed by atoms with E-state index in [1.807, 2.05) is 0 Å². The van der Waals surface area contributed by atoms with Gasteiger partial charge in [0.05, 0.1) is 33.5 Å². The summed E-state index contributed by atoms with van der Waals surface area (Å²) in [5.74, 6) is 1.71. The van der Waals surface area contributed by atoms with E-state index >= 15 is 0 Å². The molecule has 0 saturated carbocycles. The van der Waals surface area contributed by atoms with Gasteiger partial charge in [0, 0.05) is 32.7 Å². The summed E-state index contributed by atoms with van der Waals surface area (Å²) in [5.41, 5.74) is 17.6. The van der Waals surface area contributed by atoms with Gasteiger partial charge in [0.25, 0.3) is 0 Å². The summed E-state index contributed by atoms with van der Waals surface area (Å²) in [6, 6.07) is 90.9. The maximum atomic E-state index is 5.55. The Hall–Kier alpha value is -9.12. The highest BCUT2D eigenvalue weighted by atomic mass is 15.1. The zero-order chi connectivity index (χ0) is 45.0. The van der Waals surface area contributed by atoms with E-state index in [-0.39, 0.29) is 0 Å². The lowest BCUT2D eigenvalue weighted by atomic mass is 9.95. The van der Waals surface area contributed by atoms with Crippen molar-refractivity contribution < 1.29 is 0 Å². The monoisotopic (exact) mass is 866 g/mol. The summed E-state index contributed by atoms with van der Waals surface area (Å²) >= 11 is 0. The Kier molecular flexibility index (Phi) is 9.47. The summed E-state index contributed by atoms with van der Waals surface area (Å²) in [4.78, 5) is 11.1. The lowest BCUT2D eigenvalue weighted by Gasteiger charge is -2.13. The van der Waals surface area contributed by atoms with Crippen LogP contribution >= 0.6 is 0 Å². The molecule has 0 atom stereocenters. The zero-order valence-electron chi connectivity index (χ0n) is 37.0. The fourth-order valence-corrected chi connectivity index (χ4v) is 10.2. The Labute approximate surface area is 394 Å². The smallest absolute Gasteiger partial charge is 0.138 e. The van der Waals surface area contributed by atoms with Gasteiger partial charge in [-0.3, -0.25) is 9.13 Å². The first-order chi connectivity index (χ1) is 33.7. The third kappa shape index (κ3) is 6.78. The number of para-hydroxylation sites is 2. The molecule has 0 aliphatic rings. The quantitative estimate of drug-likeness (QED) is 0.153. The average Bonchev–Trinajstić information content (AvgIpc) is 3.95. The van der Waals surface area contributed by atoms with Crippen molar-refractivity contribution in [1.29, 1.82) is 0 Å². The van der Waals surface area contributed by atoms with Gasteiger partial charge in [0.2, 0.25) is 0 Å². The van der Waals surface area contributed by atoms with E-state index in [0.29, 0.717) is 0 Å². The molecule has 4 aromatic heterocycles. The van der Waals surface area contributed by atoms with E-state index in [9.17, 15) is 0 Å². The van der Waals surface area contributed by atoms with Crippen LogP contribution in [0.25, 0.3) is 122 Å². The maximum absolute atomic E-state index is 5.55. The van der Waals surface area contributed by atoms with Gasteiger partial charge in [-0.25, -0.2) is 9.97 Å². The van der Waals surface area contributed by atoms with E-state index in [2.05, 4.69) is 264 Å². The fraction of sp³-hybridized carbons (Fsp3) is 0. The van der Waals surface area contributed by atoms with Gasteiger partial charge in [0.15, 0.2) is 0 Å². The van der Waals surface area contributed by atoms with E-state index in [1.165, 1.54) is 33.0 Å². The predicted octanol–water partition coefficient (Wildman–Crippen LogP) is 16.7. The molecule has 13 rings (SSSR count). The molecular formula is C64H42N4. The van der Waals surface area contributed by atoms with Crippen LogP contribution in [0.3, 0.4) is 0 Å². The first-order valence-electron chi connectivity index (χ1n) is 23.1. The van der Waals surface area contributed by atoms with Crippen LogP contribution in [-0.2, 0) is 0 Å². The molecule has 0 amide bonds. The first kappa shape index (κ1) is 39.3. The second kappa shape index (κ2) is 16.4. The number of nitrogens with zero attached hydrogens (tertiary/aromatic N) is 4. The zero-order valence-corrected chi connectivity index (χ0v) is 37.0. The highest BCUT2D eigenvalue weighted by Crippen LogP contribution is 2.43. The minimum Gasteiger partial charge on any atom is -0.294 e. The Morgan fingerprint density at radius 3 is 1.09 bits per heavy atom. The predicted molar refractivity (Wildman–Crippen MR) is 283 cm³/mol. The average molecular weight is 867 g/mol. The van der Waals surface area contributed by atoms with Crippen LogP contribution in [0.1, 0.15) is 0 Å². The van der Waals surface area contributed by atoms with Crippen molar-refractivity contribution in [2.24, 2.45) is 0 Å².